The van der Waals surface area contributed by atoms with Gasteiger partial charge in [-0.1, -0.05) is 96.1 Å². The number of benzene rings is 4. The van der Waals surface area contributed by atoms with Crippen LogP contribution in [0.15, 0.2) is 114 Å². The predicted octanol–water partition coefficient (Wildman–Crippen LogP) is 5.66. The van der Waals surface area contributed by atoms with E-state index in [1.54, 1.807) is 30.3 Å². The average Bonchev–Trinajstić information content (AvgIpc) is 2.99. The minimum absolute atomic E-state index is 0.0758. The van der Waals surface area contributed by atoms with Gasteiger partial charge in [0.05, 0.1) is 10.6 Å². The number of rotatable bonds is 12. The molecule has 0 saturated heterocycles. The Bertz CT molecular complexity index is 1610. The van der Waals surface area contributed by atoms with E-state index in [4.69, 9.17) is 0 Å². The van der Waals surface area contributed by atoms with Gasteiger partial charge in [0.1, 0.15) is 12.6 Å². The molecule has 43 heavy (non-hydrogen) atoms. The third kappa shape index (κ3) is 8.32. The third-order valence-corrected chi connectivity index (χ3v) is 8.90. The van der Waals surface area contributed by atoms with Crippen LogP contribution in [0, 0.1) is 13.8 Å². The molecule has 0 aliphatic heterocycles. The number of nitrogens with zero attached hydrogens (tertiary/aromatic N) is 2. The molecular formula is C35H39N3O4S. The van der Waals surface area contributed by atoms with Crippen molar-refractivity contribution in [1.29, 1.82) is 0 Å². The Morgan fingerprint density at radius 1 is 0.721 bits per heavy atom. The van der Waals surface area contributed by atoms with Crippen molar-refractivity contribution in [2.75, 3.05) is 10.8 Å². The number of carbonyl (C=O) groups is 2. The summed E-state index contributed by atoms with van der Waals surface area (Å²) in [6.07, 6.45) is 0.271. The molecule has 7 nitrogen and oxygen atoms in total. The zero-order valence-corrected chi connectivity index (χ0v) is 25.9. The molecule has 0 bridgehead atoms. The number of hydrogen-bond acceptors (Lipinski definition) is 4. The molecule has 0 unspecified atom stereocenters. The number of hydrogen-bond donors (Lipinski definition) is 1. The number of nitrogens with one attached hydrogen (secondary N) is 1. The molecular weight excluding hydrogens is 558 g/mol. The summed E-state index contributed by atoms with van der Waals surface area (Å²) in [5, 5.41) is 2.98. The van der Waals surface area contributed by atoms with Gasteiger partial charge in [0, 0.05) is 19.0 Å². The minimum Gasteiger partial charge on any atom is -0.352 e. The molecule has 0 saturated carbocycles. The summed E-state index contributed by atoms with van der Waals surface area (Å²) in [5.74, 6) is -0.785. The van der Waals surface area contributed by atoms with Gasteiger partial charge in [-0.15, -0.1) is 0 Å². The fourth-order valence-electron chi connectivity index (χ4n) is 4.78. The number of amides is 2. The molecule has 4 aromatic rings. The number of sulfonamides is 1. The van der Waals surface area contributed by atoms with Crippen molar-refractivity contribution in [3.8, 4) is 0 Å². The summed E-state index contributed by atoms with van der Waals surface area (Å²) < 4.78 is 29.1. The molecule has 224 valence electrons. The first-order valence-electron chi connectivity index (χ1n) is 14.4. The van der Waals surface area contributed by atoms with Crippen molar-refractivity contribution < 1.29 is 18.0 Å². The van der Waals surface area contributed by atoms with Crippen molar-refractivity contribution >= 4 is 27.5 Å². The fraction of sp³-hybridized carbons (Fsp3) is 0.257. The first-order valence-corrected chi connectivity index (χ1v) is 15.8. The summed E-state index contributed by atoms with van der Waals surface area (Å²) in [5.41, 5.74) is 4.12. The lowest BCUT2D eigenvalue weighted by Gasteiger charge is -2.34. The topological polar surface area (TPSA) is 86.8 Å². The quantitative estimate of drug-likeness (QED) is 0.228. The Labute approximate surface area is 255 Å². The SMILES string of the molecule is Cc1ccc(CN(C(=O)CN(c2ccc(C)cc2)S(=O)(=O)c2ccccc2)[C@H](Cc2ccccc2)C(=O)NC(C)C)cc1. The van der Waals surface area contributed by atoms with Crippen molar-refractivity contribution in [2.24, 2.45) is 0 Å². The maximum Gasteiger partial charge on any atom is 0.264 e. The molecule has 1 atom stereocenters. The summed E-state index contributed by atoms with van der Waals surface area (Å²) in [7, 11) is -4.11. The Morgan fingerprint density at radius 3 is 1.81 bits per heavy atom. The Balaban J connectivity index is 1.79. The van der Waals surface area contributed by atoms with E-state index in [9.17, 15) is 18.0 Å². The fourth-order valence-corrected chi connectivity index (χ4v) is 6.22. The minimum atomic E-state index is -4.11. The highest BCUT2D eigenvalue weighted by molar-refractivity contribution is 7.92. The van der Waals surface area contributed by atoms with Gasteiger partial charge in [-0.2, -0.15) is 0 Å². The monoisotopic (exact) mass is 597 g/mol. The van der Waals surface area contributed by atoms with Gasteiger partial charge >= 0.3 is 0 Å². The molecule has 0 spiro atoms. The van der Waals surface area contributed by atoms with Crippen LogP contribution in [0.3, 0.4) is 0 Å². The van der Waals surface area contributed by atoms with Gasteiger partial charge in [-0.05, 0) is 63.1 Å². The molecule has 0 aliphatic carbocycles. The van der Waals surface area contributed by atoms with E-state index in [1.165, 1.54) is 17.0 Å². The van der Waals surface area contributed by atoms with Gasteiger partial charge in [-0.25, -0.2) is 8.42 Å². The van der Waals surface area contributed by atoms with E-state index in [1.807, 2.05) is 94.4 Å². The van der Waals surface area contributed by atoms with E-state index in [0.29, 0.717) is 5.69 Å². The van der Waals surface area contributed by atoms with E-state index in [0.717, 1.165) is 26.6 Å². The van der Waals surface area contributed by atoms with Crippen LogP contribution in [-0.2, 0) is 32.6 Å². The highest BCUT2D eigenvalue weighted by Crippen LogP contribution is 2.25. The van der Waals surface area contributed by atoms with Crippen LogP contribution < -0.4 is 9.62 Å². The summed E-state index contributed by atoms with van der Waals surface area (Å²) >= 11 is 0. The average molecular weight is 598 g/mol. The molecule has 0 aliphatic rings. The van der Waals surface area contributed by atoms with Gasteiger partial charge in [-0.3, -0.25) is 13.9 Å². The number of aryl methyl sites for hydroxylation is 2. The van der Waals surface area contributed by atoms with Crippen molar-refractivity contribution in [3.63, 3.8) is 0 Å². The maximum atomic E-state index is 14.4. The predicted molar refractivity (Wildman–Crippen MR) is 171 cm³/mol. The Morgan fingerprint density at radius 2 is 1.26 bits per heavy atom. The lowest BCUT2D eigenvalue weighted by atomic mass is 10.0. The summed E-state index contributed by atoms with van der Waals surface area (Å²) in [6, 6.07) is 31.3. The highest BCUT2D eigenvalue weighted by Gasteiger charge is 2.34. The molecule has 2 amide bonds. The molecule has 4 rings (SSSR count). The van der Waals surface area contributed by atoms with Crippen LogP contribution in [0.4, 0.5) is 5.69 Å². The van der Waals surface area contributed by atoms with Gasteiger partial charge in [0.2, 0.25) is 11.8 Å². The number of anilines is 1. The van der Waals surface area contributed by atoms with Crippen LogP contribution in [0.1, 0.15) is 36.1 Å². The van der Waals surface area contributed by atoms with Crippen LogP contribution in [-0.4, -0.2) is 43.8 Å². The normalized spacial score (nSPS) is 12.0. The lowest BCUT2D eigenvalue weighted by molar-refractivity contribution is -0.140. The van der Waals surface area contributed by atoms with Crippen molar-refractivity contribution in [2.45, 2.75) is 57.6 Å². The smallest absolute Gasteiger partial charge is 0.264 e. The first-order chi connectivity index (χ1) is 20.5. The van der Waals surface area contributed by atoms with Crippen LogP contribution in [0.25, 0.3) is 0 Å². The second kappa shape index (κ2) is 14.2. The Hall–Kier alpha value is -4.43. The number of carbonyl (C=O) groups excluding carboxylic acids is 2. The summed E-state index contributed by atoms with van der Waals surface area (Å²) in [6.45, 7) is 7.29. The zero-order valence-electron chi connectivity index (χ0n) is 25.1. The van der Waals surface area contributed by atoms with Gasteiger partial charge in [0.25, 0.3) is 10.0 Å². The molecule has 0 fully saturated rings. The zero-order chi connectivity index (χ0) is 31.0. The lowest BCUT2D eigenvalue weighted by Crippen LogP contribution is -2.54. The van der Waals surface area contributed by atoms with E-state index in [2.05, 4.69) is 5.32 Å². The second-order valence-electron chi connectivity index (χ2n) is 11.0. The first kappa shape index (κ1) is 31.5. The van der Waals surface area contributed by atoms with Crippen molar-refractivity contribution in [3.05, 3.63) is 131 Å². The highest BCUT2D eigenvalue weighted by atomic mass is 32.2. The Kier molecular flexibility index (Phi) is 10.4. The standard InChI is InChI=1S/C35H39N3O4S/c1-26(2)36-35(40)33(23-29-11-7-5-8-12-29)37(24-30-19-15-27(3)16-20-30)34(39)25-38(31-21-17-28(4)18-22-31)43(41,42)32-13-9-6-10-14-32/h5-22,26,33H,23-25H2,1-4H3,(H,36,40)/t33-/m1/s1. The van der Waals surface area contributed by atoms with Gasteiger partial charge in [0.15, 0.2) is 0 Å². The molecule has 0 radical (unpaired) electrons. The summed E-state index contributed by atoms with van der Waals surface area (Å²) in [4.78, 5) is 29.7. The van der Waals surface area contributed by atoms with Crippen LogP contribution >= 0.6 is 0 Å². The second-order valence-corrected chi connectivity index (χ2v) is 12.9. The molecule has 0 aromatic heterocycles. The maximum absolute atomic E-state index is 14.4. The van der Waals surface area contributed by atoms with E-state index >= 15 is 0 Å². The van der Waals surface area contributed by atoms with E-state index < -0.39 is 28.5 Å². The largest absolute Gasteiger partial charge is 0.352 e. The van der Waals surface area contributed by atoms with Gasteiger partial charge < -0.3 is 10.2 Å². The van der Waals surface area contributed by atoms with Crippen LogP contribution in [0.5, 0.6) is 0 Å². The third-order valence-electron chi connectivity index (χ3n) is 7.11. The van der Waals surface area contributed by atoms with Crippen LogP contribution in [0.2, 0.25) is 0 Å². The van der Waals surface area contributed by atoms with Crippen molar-refractivity contribution in [1.82, 2.24) is 10.2 Å². The van der Waals surface area contributed by atoms with E-state index in [-0.39, 0.29) is 29.8 Å². The molecule has 4 aromatic carbocycles. The molecule has 8 heteroatoms. The molecule has 1 N–H and O–H groups in total. The molecule has 0 heterocycles.